The zero-order valence-electron chi connectivity index (χ0n) is 9.33. The van der Waals surface area contributed by atoms with Crippen LogP contribution >= 0.6 is 11.8 Å². The zero-order valence-corrected chi connectivity index (χ0v) is 10.1. The van der Waals surface area contributed by atoms with Gasteiger partial charge in [-0.05, 0) is 18.2 Å². The lowest BCUT2D eigenvalue weighted by Gasteiger charge is -2.12. The molecule has 1 fully saturated rings. The molecule has 0 bridgehead atoms. The molecule has 1 unspecified atom stereocenters. The van der Waals surface area contributed by atoms with Crippen molar-refractivity contribution in [3.63, 3.8) is 0 Å². The smallest absolute Gasteiger partial charge is 0.131 e. The van der Waals surface area contributed by atoms with Gasteiger partial charge in [0.1, 0.15) is 11.6 Å². The highest BCUT2D eigenvalue weighted by molar-refractivity contribution is 7.99. The van der Waals surface area contributed by atoms with E-state index in [-0.39, 0.29) is 5.82 Å². The summed E-state index contributed by atoms with van der Waals surface area (Å²) in [4.78, 5) is 0. The van der Waals surface area contributed by atoms with Crippen molar-refractivity contribution in [3.8, 4) is 5.75 Å². The Balaban J connectivity index is 1.93. The number of halogens is 1. The van der Waals surface area contributed by atoms with Crippen molar-refractivity contribution < 1.29 is 9.13 Å². The van der Waals surface area contributed by atoms with E-state index in [1.165, 1.54) is 18.2 Å². The number of rotatable bonds is 4. The fourth-order valence-corrected chi connectivity index (χ4v) is 2.94. The first-order valence-electron chi connectivity index (χ1n) is 5.43. The summed E-state index contributed by atoms with van der Waals surface area (Å²) >= 11 is 1.95. The van der Waals surface area contributed by atoms with Crippen molar-refractivity contribution in [1.29, 1.82) is 0 Å². The van der Waals surface area contributed by atoms with Crippen LogP contribution in [0.4, 0.5) is 4.39 Å². The van der Waals surface area contributed by atoms with Crippen LogP contribution in [0.5, 0.6) is 5.75 Å². The van der Waals surface area contributed by atoms with Crippen LogP contribution in [0.2, 0.25) is 0 Å². The van der Waals surface area contributed by atoms with Gasteiger partial charge >= 0.3 is 0 Å². The SMILES string of the molecule is COc1ccc(CNC2CCSC2)c(F)c1. The molecule has 2 rings (SSSR count). The summed E-state index contributed by atoms with van der Waals surface area (Å²) in [7, 11) is 1.54. The van der Waals surface area contributed by atoms with Gasteiger partial charge in [0, 0.05) is 30.0 Å². The second-order valence-electron chi connectivity index (χ2n) is 3.90. The summed E-state index contributed by atoms with van der Waals surface area (Å²) in [6, 6.07) is 5.54. The minimum absolute atomic E-state index is 0.197. The summed E-state index contributed by atoms with van der Waals surface area (Å²) < 4.78 is 18.6. The third kappa shape index (κ3) is 2.89. The fourth-order valence-electron chi connectivity index (χ4n) is 1.75. The second kappa shape index (κ2) is 5.55. The summed E-state index contributed by atoms with van der Waals surface area (Å²) in [6.07, 6.45) is 1.18. The molecule has 16 heavy (non-hydrogen) atoms. The van der Waals surface area contributed by atoms with Crippen LogP contribution in [0.25, 0.3) is 0 Å². The highest BCUT2D eigenvalue weighted by atomic mass is 32.2. The molecule has 0 amide bonds. The topological polar surface area (TPSA) is 21.3 Å². The van der Waals surface area contributed by atoms with Gasteiger partial charge in [-0.1, -0.05) is 6.07 Å². The lowest BCUT2D eigenvalue weighted by molar-refractivity contribution is 0.410. The maximum atomic E-state index is 13.6. The first-order valence-corrected chi connectivity index (χ1v) is 6.58. The van der Waals surface area contributed by atoms with Crippen molar-refractivity contribution in [2.45, 2.75) is 19.0 Å². The molecule has 0 saturated carbocycles. The van der Waals surface area contributed by atoms with E-state index in [1.54, 1.807) is 19.2 Å². The van der Waals surface area contributed by atoms with Crippen molar-refractivity contribution in [2.75, 3.05) is 18.6 Å². The number of methoxy groups -OCH3 is 1. The van der Waals surface area contributed by atoms with Crippen molar-refractivity contribution in [2.24, 2.45) is 0 Å². The molecule has 1 aromatic rings. The number of nitrogens with one attached hydrogen (secondary N) is 1. The Hall–Kier alpha value is -0.740. The normalized spacial score (nSPS) is 20.0. The third-order valence-corrected chi connectivity index (χ3v) is 3.93. The van der Waals surface area contributed by atoms with E-state index in [2.05, 4.69) is 5.32 Å². The van der Waals surface area contributed by atoms with Gasteiger partial charge in [-0.3, -0.25) is 0 Å². The number of hydrogen-bond acceptors (Lipinski definition) is 3. The van der Waals surface area contributed by atoms with E-state index in [9.17, 15) is 4.39 Å². The predicted octanol–water partition coefficient (Wildman–Crippen LogP) is 2.43. The first-order chi connectivity index (χ1) is 7.79. The molecular weight excluding hydrogens is 225 g/mol. The Morgan fingerprint density at radius 2 is 2.44 bits per heavy atom. The molecule has 1 saturated heterocycles. The van der Waals surface area contributed by atoms with E-state index < -0.39 is 0 Å². The van der Waals surface area contributed by atoms with Crippen molar-refractivity contribution in [1.82, 2.24) is 5.32 Å². The molecule has 0 aliphatic carbocycles. The second-order valence-corrected chi connectivity index (χ2v) is 5.05. The molecule has 4 heteroatoms. The molecule has 1 aliphatic rings. The highest BCUT2D eigenvalue weighted by Gasteiger charge is 2.15. The molecule has 2 nitrogen and oxygen atoms in total. The van der Waals surface area contributed by atoms with Gasteiger partial charge in [-0.15, -0.1) is 0 Å². The Morgan fingerprint density at radius 3 is 3.06 bits per heavy atom. The number of ether oxygens (including phenoxy) is 1. The standard InChI is InChI=1S/C12H16FNOS/c1-15-11-3-2-9(12(13)6-11)7-14-10-4-5-16-8-10/h2-3,6,10,14H,4-5,7-8H2,1H3. The van der Waals surface area contributed by atoms with Gasteiger partial charge in [0.25, 0.3) is 0 Å². The number of thioether (sulfide) groups is 1. The van der Waals surface area contributed by atoms with Crippen molar-refractivity contribution in [3.05, 3.63) is 29.6 Å². The summed E-state index contributed by atoms with van der Waals surface area (Å²) in [5, 5.41) is 3.37. The van der Waals surface area contributed by atoms with E-state index in [4.69, 9.17) is 4.74 Å². The quantitative estimate of drug-likeness (QED) is 0.874. The average Bonchev–Trinajstić information content (AvgIpc) is 2.80. The largest absolute Gasteiger partial charge is 0.497 e. The van der Waals surface area contributed by atoms with E-state index >= 15 is 0 Å². The van der Waals surface area contributed by atoms with Gasteiger partial charge in [0.2, 0.25) is 0 Å². The van der Waals surface area contributed by atoms with Crippen LogP contribution in [0.1, 0.15) is 12.0 Å². The van der Waals surface area contributed by atoms with Crippen LogP contribution in [0.3, 0.4) is 0 Å². The molecule has 1 aromatic carbocycles. The van der Waals surface area contributed by atoms with Crippen LogP contribution in [-0.2, 0) is 6.54 Å². The summed E-state index contributed by atoms with van der Waals surface area (Å²) in [5.41, 5.74) is 0.706. The lowest BCUT2D eigenvalue weighted by atomic mass is 10.2. The van der Waals surface area contributed by atoms with Gasteiger partial charge < -0.3 is 10.1 Å². The predicted molar refractivity (Wildman–Crippen MR) is 65.5 cm³/mol. The first kappa shape index (κ1) is 11.7. The molecule has 0 spiro atoms. The number of benzene rings is 1. The molecular formula is C12H16FNOS. The van der Waals surface area contributed by atoms with Crippen LogP contribution in [0.15, 0.2) is 18.2 Å². The van der Waals surface area contributed by atoms with Gasteiger partial charge in [0.15, 0.2) is 0 Å². The number of hydrogen-bond donors (Lipinski definition) is 1. The maximum Gasteiger partial charge on any atom is 0.131 e. The van der Waals surface area contributed by atoms with Crippen LogP contribution in [0, 0.1) is 5.82 Å². The fraction of sp³-hybridized carbons (Fsp3) is 0.500. The van der Waals surface area contributed by atoms with Crippen LogP contribution in [-0.4, -0.2) is 24.7 Å². The highest BCUT2D eigenvalue weighted by Crippen LogP contribution is 2.19. The molecule has 0 aromatic heterocycles. The maximum absolute atomic E-state index is 13.6. The lowest BCUT2D eigenvalue weighted by Crippen LogP contribution is -2.28. The third-order valence-electron chi connectivity index (χ3n) is 2.77. The van der Waals surface area contributed by atoms with Crippen LogP contribution < -0.4 is 10.1 Å². The monoisotopic (exact) mass is 241 g/mol. The Labute approximate surface area is 99.6 Å². The van der Waals surface area contributed by atoms with E-state index in [0.29, 0.717) is 23.9 Å². The van der Waals surface area contributed by atoms with Gasteiger partial charge in [-0.25, -0.2) is 4.39 Å². The summed E-state index contributed by atoms with van der Waals surface area (Å²) in [6.45, 7) is 0.598. The van der Waals surface area contributed by atoms with E-state index in [0.717, 1.165) is 5.75 Å². The molecule has 1 heterocycles. The molecule has 1 aliphatic heterocycles. The Kier molecular flexibility index (Phi) is 4.07. The molecule has 88 valence electrons. The van der Waals surface area contributed by atoms with Gasteiger partial charge in [-0.2, -0.15) is 11.8 Å². The Morgan fingerprint density at radius 1 is 1.56 bits per heavy atom. The minimum Gasteiger partial charge on any atom is -0.497 e. The van der Waals surface area contributed by atoms with Gasteiger partial charge in [0.05, 0.1) is 7.11 Å². The molecule has 0 radical (unpaired) electrons. The molecule has 1 N–H and O–H groups in total. The summed E-state index contributed by atoms with van der Waals surface area (Å²) in [5.74, 6) is 2.72. The molecule has 1 atom stereocenters. The Bertz CT molecular complexity index is 353. The minimum atomic E-state index is -0.197. The van der Waals surface area contributed by atoms with Crippen molar-refractivity contribution >= 4 is 11.8 Å². The average molecular weight is 241 g/mol. The van der Waals surface area contributed by atoms with E-state index in [1.807, 2.05) is 11.8 Å². The zero-order chi connectivity index (χ0) is 11.4.